The lowest BCUT2D eigenvalue weighted by Crippen LogP contribution is -2.52. The van der Waals surface area contributed by atoms with Crippen molar-refractivity contribution in [1.82, 2.24) is 40.3 Å². The van der Waals surface area contributed by atoms with Crippen molar-refractivity contribution in [2.45, 2.75) is 90.0 Å². The van der Waals surface area contributed by atoms with E-state index in [-0.39, 0.29) is 36.7 Å². The second kappa shape index (κ2) is 18.0. The molecule has 4 saturated heterocycles. The van der Waals surface area contributed by atoms with Gasteiger partial charge in [-0.1, -0.05) is 25.1 Å². The van der Waals surface area contributed by atoms with Crippen molar-refractivity contribution < 1.29 is 23.6 Å². The first-order valence-corrected chi connectivity index (χ1v) is 23.0. The molecule has 7 heterocycles. The summed E-state index contributed by atoms with van der Waals surface area (Å²) in [5, 5.41) is 7.02. The topological polar surface area (TPSA) is 150 Å². The van der Waals surface area contributed by atoms with Crippen molar-refractivity contribution in [2.24, 2.45) is 11.8 Å². The van der Waals surface area contributed by atoms with Gasteiger partial charge in [-0.05, 0) is 93.2 Å². The molecule has 3 N–H and O–H groups in total. The summed E-state index contributed by atoms with van der Waals surface area (Å²) in [5.41, 5.74) is 5.40. The number of rotatable bonds is 13. The molecule has 2 aromatic heterocycles. The zero-order valence-corrected chi connectivity index (χ0v) is 36.9. The molecule has 4 fully saturated rings. The largest absolute Gasteiger partial charge is 0.369 e. The Morgan fingerprint density at radius 3 is 2.44 bits per heavy atom. The molecule has 0 aliphatic carbocycles. The minimum Gasteiger partial charge on any atom is -0.369 e. The fourth-order valence-electron chi connectivity index (χ4n) is 10.6. The predicted octanol–water partition coefficient (Wildman–Crippen LogP) is 4.99. The van der Waals surface area contributed by atoms with Gasteiger partial charge in [-0.2, -0.15) is 0 Å². The summed E-state index contributed by atoms with van der Waals surface area (Å²) >= 11 is 0. The van der Waals surface area contributed by atoms with E-state index in [2.05, 4.69) is 60.3 Å². The number of aromatic nitrogens is 3. The van der Waals surface area contributed by atoms with E-state index in [1.807, 2.05) is 36.7 Å². The van der Waals surface area contributed by atoms with Crippen LogP contribution < -0.4 is 20.4 Å². The normalized spacial score (nSPS) is 23.1. The van der Waals surface area contributed by atoms with Crippen molar-refractivity contribution in [3.05, 3.63) is 82.8 Å². The predicted molar refractivity (Wildman–Crippen MR) is 240 cm³/mol. The van der Waals surface area contributed by atoms with Crippen LogP contribution in [0.1, 0.15) is 98.1 Å². The zero-order valence-electron chi connectivity index (χ0n) is 36.9. The fraction of sp³-hybridized carbons (Fsp3) is 0.542. The first-order chi connectivity index (χ1) is 30.4. The standard InChI is InChI=1S/C48H61FN10O4/c1-4-36-38-9-5-6-10-39(38)53-44(36)43(52-30-48(2,3)49)34-26-50-47(51-27-34)58-16-7-8-32(28-58)31-15-17-57(42(61)25-31)23-20-55-18-21-56(22-19-55)35-11-12-37-33(24-35)29-59(46(37)63)40-13-14-41(60)54-45(40)62/h5-6,9-12,24,26-27,31-32,40,43,52-53H,4,7-8,13-23,25,28-30H2,1-3H3,(H,54,60,62)/t31?,32?,40?,43-/m1/s1. The minimum absolute atomic E-state index is 0.154. The van der Waals surface area contributed by atoms with Gasteiger partial charge in [0.15, 0.2) is 0 Å². The smallest absolute Gasteiger partial charge is 0.255 e. The number of halogens is 1. The fourth-order valence-corrected chi connectivity index (χ4v) is 10.6. The average molecular weight is 861 g/mol. The van der Waals surface area contributed by atoms with Crippen LogP contribution in [0.25, 0.3) is 10.9 Å². The molecule has 0 saturated carbocycles. The van der Waals surface area contributed by atoms with Gasteiger partial charge in [0.25, 0.3) is 5.91 Å². The lowest BCUT2D eigenvalue weighted by Gasteiger charge is -2.41. The van der Waals surface area contributed by atoms with E-state index in [0.29, 0.717) is 42.7 Å². The first kappa shape index (κ1) is 42.9. The Morgan fingerprint density at radius 2 is 1.70 bits per heavy atom. The molecule has 4 atom stereocenters. The number of aromatic amines is 1. The van der Waals surface area contributed by atoms with E-state index >= 15 is 0 Å². The molecule has 15 heteroatoms. The Balaban J connectivity index is 0.752. The van der Waals surface area contributed by atoms with Crippen LogP contribution in [0.2, 0.25) is 0 Å². The zero-order chi connectivity index (χ0) is 43.8. The van der Waals surface area contributed by atoms with Crippen LogP contribution in [-0.4, -0.2) is 130 Å². The van der Waals surface area contributed by atoms with Gasteiger partial charge in [-0.3, -0.25) is 29.4 Å². The molecule has 2 aromatic carbocycles. The van der Waals surface area contributed by atoms with Crippen molar-refractivity contribution in [3.8, 4) is 0 Å². The highest BCUT2D eigenvalue weighted by Crippen LogP contribution is 2.36. The molecule has 0 radical (unpaired) electrons. The summed E-state index contributed by atoms with van der Waals surface area (Å²) in [6.07, 6.45) is 8.92. The van der Waals surface area contributed by atoms with E-state index < -0.39 is 17.6 Å². The van der Waals surface area contributed by atoms with Crippen molar-refractivity contribution in [3.63, 3.8) is 0 Å². The number of benzene rings is 2. The molecule has 14 nitrogen and oxygen atoms in total. The first-order valence-electron chi connectivity index (χ1n) is 23.0. The number of carbonyl (C=O) groups is 4. The number of para-hydroxylation sites is 1. The Morgan fingerprint density at radius 1 is 0.905 bits per heavy atom. The van der Waals surface area contributed by atoms with Crippen LogP contribution in [0.5, 0.6) is 0 Å². The number of aryl methyl sites for hydroxylation is 1. The van der Waals surface area contributed by atoms with Gasteiger partial charge in [0.2, 0.25) is 23.7 Å². The Labute approximate surface area is 369 Å². The molecule has 4 aromatic rings. The van der Waals surface area contributed by atoms with Crippen molar-refractivity contribution in [1.29, 1.82) is 0 Å². The number of carbonyl (C=O) groups excluding carboxylic acids is 4. The van der Waals surface area contributed by atoms with Gasteiger partial charge in [0, 0.05) is 131 Å². The molecule has 4 amide bonds. The number of imide groups is 1. The minimum atomic E-state index is -1.39. The second-order valence-electron chi connectivity index (χ2n) is 18.8. The van der Waals surface area contributed by atoms with Crippen LogP contribution in [0.4, 0.5) is 16.0 Å². The number of nitrogens with zero attached hydrogens (tertiary/aromatic N) is 7. The molecule has 63 heavy (non-hydrogen) atoms. The number of H-pyrrole nitrogens is 1. The highest BCUT2D eigenvalue weighted by atomic mass is 19.1. The third-order valence-electron chi connectivity index (χ3n) is 14.1. The third kappa shape index (κ3) is 9.17. The third-order valence-corrected chi connectivity index (χ3v) is 14.1. The van der Waals surface area contributed by atoms with E-state index in [1.165, 1.54) is 10.9 Å². The summed E-state index contributed by atoms with van der Waals surface area (Å²) in [5.74, 6) is 0.855. The number of hydrogen-bond donors (Lipinski definition) is 3. The van der Waals surface area contributed by atoms with Crippen LogP contribution in [0.3, 0.4) is 0 Å². The number of nitrogens with one attached hydrogen (secondary N) is 3. The molecule has 3 unspecified atom stereocenters. The van der Waals surface area contributed by atoms with E-state index in [4.69, 9.17) is 9.97 Å². The van der Waals surface area contributed by atoms with Crippen LogP contribution >= 0.6 is 0 Å². The number of anilines is 2. The molecule has 0 spiro atoms. The number of fused-ring (bicyclic) bond motifs is 2. The number of hydrogen-bond acceptors (Lipinski definition) is 10. The van der Waals surface area contributed by atoms with Crippen molar-refractivity contribution >= 4 is 46.2 Å². The SMILES string of the molecule is CCc1c([C@H](NCC(C)(C)F)c2cnc(N3CCCC(C4CCN(CCN5CCN(c6ccc7c(c6)CN(C6CCC(=O)NC6=O)C7=O)CC5)C(=O)C4)C3)nc2)[nH]c2ccccc12. The van der Waals surface area contributed by atoms with Crippen LogP contribution in [0.15, 0.2) is 54.9 Å². The maximum Gasteiger partial charge on any atom is 0.255 e. The average Bonchev–Trinajstić information content (AvgIpc) is 3.82. The quantitative estimate of drug-likeness (QED) is 0.157. The van der Waals surface area contributed by atoms with E-state index in [9.17, 15) is 23.6 Å². The number of likely N-dealkylation sites (tertiary alicyclic amines) is 1. The second-order valence-corrected chi connectivity index (χ2v) is 18.8. The molecular weight excluding hydrogens is 800 g/mol. The van der Waals surface area contributed by atoms with E-state index in [1.54, 1.807) is 18.7 Å². The van der Waals surface area contributed by atoms with Crippen LogP contribution in [0, 0.1) is 11.8 Å². The number of piperidine rings is 3. The molecule has 334 valence electrons. The number of piperazine rings is 1. The molecule has 0 bridgehead atoms. The van der Waals surface area contributed by atoms with Gasteiger partial charge < -0.3 is 29.9 Å². The summed E-state index contributed by atoms with van der Waals surface area (Å²) in [6, 6.07) is 13.3. The summed E-state index contributed by atoms with van der Waals surface area (Å²) in [7, 11) is 0. The highest BCUT2D eigenvalue weighted by molar-refractivity contribution is 6.05. The molecular formula is C48H61FN10O4. The molecule has 5 aliphatic rings. The lowest BCUT2D eigenvalue weighted by atomic mass is 9.79. The highest BCUT2D eigenvalue weighted by Gasteiger charge is 2.40. The molecule has 5 aliphatic heterocycles. The number of alkyl halides is 1. The van der Waals surface area contributed by atoms with Gasteiger partial charge in [-0.25, -0.2) is 14.4 Å². The Hall–Kier alpha value is -5.41. The summed E-state index contributed by atoms with van der Waals surface area (Å²) in [4.78, 5) is 75.0. The Bertz CT molecular complexity index is 2340. The summed E-state index contributed by atoms with van der Waals surface area (Å²) in [6.45, 7) is 13.4. The van der Waals surface area contributed by atoms with Gasteiger partial charge in [-0.15, -0.1) is 0 Å². The summed E-state index contributed by atoms with van der Waals surface area (Å²) < 4.78 is 14.8. The maximum atomic E-state index is 14.8. The lowest BCUT2D eigenvalue weighted by molar-refractivity contribution is -0.137. The van der Waals surface area contributed by atoms with Gasteiger partial charge >= 0.3 is 0 Å². The van der Waals surface area contributed by atoms with Gasteiger partial charge in [0.05, 0.1) is 6.04 Å². The van der Waals surface area contributed by atoms with E-state index in [0.717, 1.165) is 113 Å². The monoisotopic (exact) mass is 860 g/mol. The molecule has 9 rings (SSSR count). The number of amides is 4. The Kier molecular flexibility index (Phi) is 12.2. The van der Waals surface area contributed by atoms with Crippen LogP contribution in [-0.2, 0) is 27.3 Å². The maximum absolute atomic E-state index is 14.8. The van der Waals surface area contributed by atoms with Crippen molar-refractivity contribution in [2.75, 3.05) is 75.2 Å². The van der Waals surface area contributed by atoms with Gasteiger partial charge in [0.1, 0.15) is 11.7 Å².